The first-order valence-electron chi connectivity index (χ1n) is 5.06. The molecule has 0 aliphatic heterocycles. The normalized spacial score (nSPS) is 14.5. The zero-order chi connectivity index (χ0) is 10.6. The average Bonchev–Trinajstić information content (AvgIpc) is 2.15. The Kier molecular flexibility index (Phi) is 3.90. The van der Waals surface area contributed by atoms with Crippen LogP contribution in [0, 0.1) is 5.92 Å². The molecule has 14 heavy (non-hydrogen) atoms. The number of allylic oxidation sites excluding steroid dienone is 1. The van der Waals surface area contributed by atoms with Crippen molar-refractivity contribution in [2.45, 2.75) is 26.9 Å². The monoisotopic (exact) mass is 190 g/mol. The molecular formula is C13H18O. The molecule has 0 amide bonds. The van der Waals surface area contributed by atoms with Gasteiger partial charge in [-0.05, 0) is 24.0 Å². The minimum Gasteiger partial charge on any atom is -0.389 e. The van der Waals surface area contributed by atoms with Gasteiger partial charge in [0.25, 0.3) is 0 Å². The summed E-state index contributed by atoms with van der Waals surface area (Å²) in [6.45, 7) is 6.06. The van der Waals surface area contributed by atoms with Crippen molar-refractivity contribution in [1.29, 1.82) is 0 Å². The summed E-state index contributed by atoms with van der Waals surface area (Å²) in [6.07, 6.45) is 1.53. The topological polar surface area (TPSA) is 20.2 Å². The van der Waals surface area contributed by atoms with Crippen molar-refractivity contribution in [3.8, 4) is 0 Å². The zero-order valence-corrected chi connectivity index (χ0v) is 9.07. The van der Waals surface area contributed by atoms with Gasteiger partial charge < -0.3 is 5.11 Å². The molecule has 0 spiro atoms. The van der Waals surface area contributed by atoms with Gasteiger partial charge in [-0.3, -0.25) is 0 Å². The standard InChI is InChI=1S/C13H18O/c1-10(2)13(9-11(3)14)12-7-5-4-6-8-12/h4-11,14H,1-3H3/b13-9+. The summed E-state index contributed by atoms with van der Waals surface area (Å²) in [5.41, 5.74) is 2.41. The van der Waals surface area contributed by atoms with E-state index in [0.29, 0.717) is 5.92 Å². The van der Waals surface area contributed by atoms with Crippen molar-refractivity contribution < 1.29 is 5.11 Å². The molecule has 0 fully saturated rings. The van der Waals surface area contributed by atoms with Crippen LogP contribution in [0.3, 0.4) is 0 Å². The lowest BCUT2D eigenvalue weighted by Gasteiger charge is -2.12. The quantitative estimate of drug-likeness (QED) is 0.776. The molecule has 0 aromatic heterocycles. The van der Waals surface area contributed by atoms with Gasteiger partial charge in [-0.2, -0.15) is 0 Å². The Hall–Kier alpha value is -1.08. The van der Waals surface area contributed by atoms with E-state index in [1.807, 2.05) is 24.3 Å². The van der Waals surface area contributed by atoms with Crippen LogP contribution in [0.25, 0.3) is 5.57 Å². The van der Waals surface area contributed by atoms with E-state index in [2.05, 4.69) is 26.0 Å². The second-order valence-electron chi connectivity index (χ2n) is 3.88. The van der Waals surface area contributed by atoms with E-state index in [4.69, 9.17) is 0 Å². The van der Waals surface area contributed by atoms with Crippen LogP contribution >= 0.6 is 0 Å². The second-order valence-corrected chi connectivity index (χ2v) is 3.88. The predicted octanol–water partition coefficient (Wildman–Crippen LogP) is 3.11. The highest BCUT2D eigenvalue weighted by atomic mass is 16.3. The van der Waals surface area contributed by atoms with E-state index >= 15 is 0 Å². The highest BCUT2D eigenvalue weighted by Gasteiger charge is 2.06. The third-order valence-electron chi connectivity index (χ3n) is 2.15. The van der Waals surface area contributed by atoms with Crippen molar-refractivity contribution in [2.75, 3.05) is 0 Å². The first kappa shape index (κ1) is 11.0. The largest absolute Gasteiger partial charge is 0.389 e. The van der Waals surface area contributed by atoms with Crippen molar-refractivity contribution in [3.63, 3.8) is 0 Å². The van der Waals surface area contributed by atoms with Gasteiger partial charge in [0.2, 0.25) is 0 Å². The Morgan fingerprint density at radius 1 is 1.14 bits per heavy atom. The molecule has 1 rings (SSSR count). The molecule has 0 bridgehead atoms. The highest BCUT2D eigenvalue weighted by Crippen LogP contribution is 2.23. The number of hydrogen-bond donors (Lipinski definition) is 1. The molecule has 1 N–H and O–H groups in total. The summed E-state index contributed by atoms with van der Waals surface area (Å²) in [5.74, 6) is 0.437. The van der Waals surface area contributed by atoms with Gasteiger partial charge in [0.1, 0.15) is 0 Å². The Morgan fingerprint density at radius 3 is 2.14 bits per heavy atom. The smallest absolute Gasteiger partial charge is 0.0698 e. The fourth-order valence-corrected chi connectivity index (χ4v) is 1.51. The zero-order valence-electron chi connectivity index (χ0n) is 9.07. The first-order valence-corrected chi connectivity index (χ1v) is 5.06. The van der Waals surface area contributed by atoms with Crippen LogP contribution in [0.5, 0.6) is 0 Å². The van der Waals surface area contributed by atoms with E-state index in [9.17, 15) is 5.11 Å². The van der Waals surface area contributed by atoms with E-state index in [0.717, 1.165) is 0 Å². The van der Waals surface area contributed by atoms with Crippen LogP contribution in [-0.2, 0) is 0 Å². The van der Waals surface area contributed by atoms with E-state index in [1.54, 1.807) is 6.92 Å². The van der Waals surface area contributed by atoms with Crippen molar-refractivity contribution >= 4 is 5.57 Å². The van der Waals surface area contributed by atoms with Gasteiger partial charge in [-0.15, -0.1) is 0 Å². The number of aliphatic hydroxyl groups is 1. The number of benzene rings is 1. The van der Waals surface area contributed by atoms with Crippen molar-refractivity contribution in [1.82, 2.24) is 0 Å². The Morgan fingerprint density at radius 2 is 1.71 bits per heavy atom. The molecule has 1 heteroatoms. The van der Waals surface area contributed by atoms with Crippen LogP contribution in [0.15, 0.2) is 36.4 Å². The summed E-state index contributed by atoms with van der Waals surface area (Å²) < 4.78 is 0. The van der Waals surface area contributed by atoms with Gasteiger partial charge in [0.15, 0.2) is 0 Å². The molecule has 1 atom stereocenters. The maximum atomic E-state index is 9.36. The summed E-state index contributed by atoms with van der Waals surface area (Å²) >= 11 is 0. The fraction of sp³-hybridized carbons (Fsp3) is 0.385. The second kappa shape index (κ2) is 4.97. The summed E-state index contributed by atoms with van der Waals surface area (Å²) in [5, 5.41) is 9.36. The van der Waals surface area contributed by atoms with Crippen LogP contribution < -0.4 is 0 Å². The Labute approximate surface area is 86.1 Å². The molecule has 0 radical (unpaired) electrons. The Balaban J connectivity index is 3.01. The predicted molar refractivity (Wildman–Crippen MR) is 60.9 cm³/mol. The van der Waals surface area contributed by atoms with Crippen LogP contribution in [0.2, 0.25) is 0 Å². The highest BCUT2D eigenvalue weighted by molar-refractivity contribution is 5.67. The van der Waals surface area contributed by atoms with Gasteiger partial charge >= 0.3 is 0 Å². The van der Waals surface area contributed by atoms with Gasteiger partial charge in [0.05, 0.1) is 6.10 Å². The minimum absolute atomic E-state index is 0.382. The molecule has 1 nitrogen and oxygen atoms in total. The average molecular weight is 190 g/mol. The van der Waals surface area contributed by atoms with E-state index in [1.165, 1.54) is 11.1 Å². The molecule has 0 saturated heterocycles. The molecule has 1 aromatic carbocycles. The van der Waals surface area contributed by atoms with Gasteiger partial charge in [0, 0.05) is 0 Å². The van der Waals surface area contributed by atoms with Crippen molar-refractivity contribution in [2.24, 2.45) is 5.92 Å². The molecule has 0 heterocycles. The lowest BCUT2D eigenvalue weighted by Crippen LogP contribution is -2.00. The lowest BCUT2D eigenvalue weighted by atomic mass is 9.94. The van der Waals surface area contributed by atoms with Gasteiger partial charge in [-0.1, -0.05) is 50.3 Å². The van der Waals surface area contributed by atoms with Crippen LogP contribution in [0.4, 0.5) is 0 Å². The van der Waals surface area contributed by atoms with E-state index < -0.39 is 0 Å². The fourth-order valence-electron chi connectivity index (χ4n) is 1.51. The maximum Gasteiger partial charge on any atom is 0.0698 e. The number of rotatable bonds is 3. The molecule has 0 saturated carbocycles. The molecule has 1 unspecified atom stereocenters. The third kappa shape index (κ3) is 3.00. The molecule has 0 aliphatic carbocycles. The summed E-state index contributed by atoms with van der Waals surface area (Å²) in [6, 6.07) is 10.2. The van der Waals surface area contributed by atoms with E-state index in [-0.39, 0.29) is 6.10 Å². The SMILES string of the molecule is CC(O)/C=C(/c1ccccc1)C(C)C. The summed E-state index contributed by atoms with van der Waals surface area (Å²) in [4.78, 5) is 0. The third-order valence-corrected chi connectivity index (χ3v) is 2.15. The molecule has 0 aliphatic rings. The lowest BCUT2D eigenvalue weighted by molar-refractivity contribution is 0.244. The molecule has 1 aromatic rings. The maximum absolute atomic E-state index is 9.36. The summed E-state index contributed by atoms with van der Waals surface area (Å²) in [7, 11) is 0. The van der Waals surface area contributed by atoms with Gasteiger partial charge in [-0.25, -0.2) is 0 Å². The number of aliphatic hydroxyl groups excluding tert-OH is 1. The number of hydrogen-bond acceptors (Lipinski definition) is 1. The molecule has 76 valence electrons. The minimum atomic E-state index is -0.382. The van der Waals surface area contributed by atoms with Crippen molar-refractivity contribution in [3.05, 3.63) is 42.0 Å². The molecular weight excluding hydrogens is 172 g/mol. The van der Waals surface area contributed by atoms with Crippen LogP contribution in [0.1, 0.15) is 26.3 Å². The van der Waals surface area contributed by atoms with Crippen LogP contribution in [-0.4, -0.2) is 11.2 Å². The Bertz CT molecular complexity index is 296. The first-order chi connectivity index (χ1) is 6.61.